The van der Waals surface area contributed by atoms with Gasteiger partial charge in [0.15, 0.2) is 6.61 Å². The first-order chi connectivity index (χ1) is 17.1. The summed E-state index contributed by atoms with van der Waals surface area (Å²) >= 11 is 5.97. The third kappa shape index (κ3) is 7.31. The van der Waals surface area contributed by atoms with Crippen molar-refractivity contribution in [1.29, 1.82) is 0 Å². The molecule has 1 aliphatic heterocycles. The zero-order valence-electron chi connectivity index (χ0n) is 19.8. The minimum Gasteiger partial charge on any atom is -0.483 e. The molecule has 1 aliphatic rings. The van der Waals surface area contributed by atoms with Gasteiger partial charge in [0.1, 0.15) is 12.4 Å². The molecule has 1 heterocycles. The van der Waals surface area contributed by atoms with Gasteiger partial charge in [-0.25, -0.2) is 0 Å². The van der Waals surface area contributed by atoms with Gasteiger partial charge < -0.3 is 19.2 Å². The summed E-state index contributed by atoms with van der Waals surface area (Å²) in [7, 11) is 0. The van der Waals surface area contributed by atoms with Crippen LogP contribution in [0, 0.1) is 6.92 Å². The van der Waals surface area contributed by atoms with E-state index in [1.54, 1.807) is 4.90 Å². The Labute approximate surface area is 211 Å². The number of amides is 1. The number of morpholine rings is 1. The van der Waals surface area contributed by atoms with Crippen molar-refractivity contribution in [2.45, 2.75) is 20.0 Å². The number of benzene rings is 3. The summed E-state index contributed by atoms with van der Waals surface area (Å²) < 4.78 is 11.1. The van der Waals surface area contributed by atoms with Gasteiger partial charge >= 0.3 is 0 Å². The Morgan fingerprint density at radius 3 is 2.46 bits per heavy atom. The van der Waals surface area contributed by atoms with Gasteiger partial charge in [0, 0.05) is 30.1 Å². The summed E-state index contributed by atoms with van der Waals surface area (Å²) in [5.41, 5.74) is 4.80. The Bertz CT molecular complexity index is 1140. The van der Waals surface area contributed by atoms with E-state index in [-0.39, 0.29) is 12.5 Å². The number of hydrogen-bond acceptors (Lipinski definition) is 5. The molecule has 0 unspecified atom stereocenters. The molecule has 1 fully saturated rings. The zero-order valence-corrected chi connectivity index (χ0v) is 20.5. The molecule has 7 heteroatoms. The average Bonchev–Trinajstić information content (AvgIpc) is 2.89. The number of halogens is 1. The average molecular weight is 493 g/mol. The highest BCUT2D eigenvalue weighted by atomic mass is 35.5. The molecule has 3 aromatic rings. The van der Waals surface area contributed by atoms with Gasteiger partial charge in [0.25, 0.3) is 5.91 Å². The first kappa shape index (κ1) is 24.8. The van der Waals surface area contributed by atoms with Gasteiger partial charge in [-0.3, -0.25) is 4.79 Å². The maximum atomic E-state index is 12.4. The number of rotatable bonds is 9. The van der Waals surface area contributed by atoms with Crippen molar-refractivity contribution >= 4 is 23.2 Å². The Balaban J connectivity index is 1.45. The Morgan fingerprint density at radius 1 is 1.00 bits per heavy atom. The largest absolute Gasteiger partial charge is 0.483 e. The fourth-order valence-electron chi connectivity index (χ4n) is 3.78. The Hall–Kier alpha value is -3.35. The van der Waals surface area contributed by atoms with Gasteiger partial charge in [-0.1, -0.05) is 59.2 Å². The molecule has 6 nitrogen and oxygen atoms in total. The maximum Gasteiger partial charge on any atom is 0.260 e. The molecule has 0 spiro atoms. The quantitative estimate of drug-likeness (QED) is 0.310. The van der Waals surface area contributed by atoms with Crippen molar-refractivity contribution < 1.29 is 19.1 Å². The van der Waals surface area contributed by atoms with Crippen molar-refractivity contribution in [3.05, 3.63) is 100 Å². The summed E-state index contributed by atoms with van der Waals surface area (Å²) in [6.07, 6.45) is 0.622. The second-order valence-corrected chi connectivity index (χ2v) is 8.80. The first-order valence-electron chi connectivity index (χ1n) is 11.6. The van der Waals surface area contributed by atoms with E-state index in [0.29, 0.717) is 50.1 Å². The summed E-state index contributed by atoms with van der Waals surface area (Å²) in [6, 6.07) is 23.5. The van der Waals surface area contributed by atoms with E-state index in [1.165, 1.54) is 0 Å². The van der Waals surface area contributed by atoms with Crippen molar-refractivity contribution in [1.82, 2.24) is 4.90 Å². The van der Waals surface area contributed by atoms with Crippen LogP contribution in [-0.2, 0) is 27.4 Å². The van der Waals surface area contributed by atoms with Gasteiger partial charge in [-0.05, 0) is 53.9 Å². The highest BCUT2D eigenvalue weighted by Gasteiger charge is 2.18. The van der Waals surface area contributed by atoms with E-state index in [4.69, 9.17) is 25.9 Å². The van der Waals surface area contributed by atoms with E-state index in [2.05, 4.69) is 17.3 Å². The monoisotopic (exact) mass is 492 g/mol. The lowest BCUT2D eigenvalue weighted by molar-refractivity contribution is -0.137. The SMILES string of the molecule is Cc1cc(/C(Cc2ccccc2)=N\OCc2ccc(Cl)cc2)ccc1OCC(=O)N1CCOCC1. The number of hydrogen-bond donors (Lipinski definition) is 0. The molecule has 35 heavy (non-hydrogen) atoms. The van der Waals surface area contributed by atoms with E-state index in [9.17, 15) is 4.79 Å². The smallest absolute Gasteiger partial charge is 0.260 e. The predicted octanol–water partition coefficient (Wildman–Crippen LogP) is 5.05. The van der Waals surface area contributed by atoms with Crippen LogP contribution in [0.25, 0.3) is 0 Å². The number of carbonyl (C=O) groups is 1. The molecule has 182 valence electrons. The second kappa shape index (κ2) is 12.4. The Morgan fingerprint density at radius 2 is 1.74 bits per heavy atom. The minimum absolute atomic E-state index is 0.00928. The molecule has 3 aromatic carbocycles. The van der Waals surface area contributed by atoms with E-state index in [0.717, 1.165) is 28.0 Å². The lowest BCUT2D eigenvalue weighted by Gasteiger charge is -2.26. The van der Waals surface area contributed by atoms with Gasteiger partial charge in [0.2, 0.25) is 0 Å². The molecule has 0 atom stereocenters. The number of carbonyl (C=O) groups excluding carboxylic acids is 1. The number of aryl methyl sites for hydroxylation is 1. The topological polar surface area (TPSA) is 60.4 Å². The summed E-state index contributed by atoms with van der Waals surface area (Å²) in [5.74, 6) is 0.648. The van der Waals surface area contributed by atoms with Crippen LogP contribution in [0.4, 0.5) is 0 Å². The molecular formula is C28H29ClN2O4. The number of nitrogens with zero attached hydrogens (tertiary/aromatic N) is 2. The normalized spacial score (nSPS) is 14.0. The van der Waals surface area contributed by atoms with Gasteiger partial charge in [-0.15, -0.1) is 0 Å². The van der Waals surface area contributed by atoms with Crippen LogP contribution >= 0.6 is 11.6 Å². The van der Waals surface area contributed by atoms with E-state index >= 15 is 0 Å². The standard InChI is InChI=1S/C28H29ClN2O4/c1-21-17-24(9-12-27(21)34-20-28(32)31-13-15-33-16-14-31)26(18-22-5-3-2-4-6-22)30-35-19-23-7-10-25(29)11-8-23/h2-12,17H,13-16,18-20H2,1H3/b30-26-. The van der Waals surface area contributed by atoms with E-state index in [1.807, 2.05) is 67.6 Å². The molecule has 1 saturated heterocycles. The molecule has 0 aromatic heterocycles. The highest BCUT2D eigenvalue weighted by Crippen LogP contribution is 2.21. The van der Waals surface area contributed by atoms with Crippen molar-refractivity contribution in [2.24, 2.45) is 5.16 Å². The molecule has 0 bridgehead atoms. The van der Waals surface area contributed by atoms with Crippen LogP contribution in [0.5, 0.6) is 5.75 Å². The van der Waals surface area contributed by atoms with Gasteiger partial charge in [0.05, 0.1) is 18.9 Å². The van der Waals surface area contributed by atoms with Gasteiger partial charge in [-0.2, -0.15) is 0 Å². The lowest BCUT2D eigenvalue weighted by atomic mass is 10.0. The molecule has 0 N–H and O–H groups in total. The zero-order chi connectivity index (χ0) is 24.5. The number of ether oxygens (including phenoxy) is 2. The fourth-order valence-corrected chi connectivity index (χ4v) is 3.90. The van der Waals surface area contributed by atoms with E-state index < -0.39 is 0 Å². The predicted molar refractivity (Wildman–Crippen MR) is 137 cm³/mol. The van der Waals surface area contributed by atoms with Crippen molar-refractivity contribution in [2.75, 3.05) is 32.9 Å². The van der Waals surface area contributed by atoms with Crippen LogP contribution in [-0.4, -0.2) is 49.4 Å². The van der Waals surface area contributed by atoms with Crippen molar-refractivity contribution in [3.8, 4) is 5.75 Å². The number of oxime groups is 1. The molecule has 0 saturated carbocycles. The molecule has 0 aliphatic carbocycles. The fraction of sp³-hybridized carbons (Fsp3) is 0.286. The molecule has 1 amide bonds. The summed E-state index contributed by atoms with van der Waals surface area (Å²) in [5, 5.41) is 5.17. The second-order valence-electron chi connectivity index (χ2n) is 8.36. The first-order valence-corrected chi connectivity index (χ1v) is 12.0. The van der Waals surface area contributed by atoms with Crippen LogP contribution < -0.4 is 4.74 Å². The van der Waals surface area contributed by atoms with Crippen molar-refractivity contribution in [3.63, 3.8) is 0 Å². The summed E-state index contributed by atoms with van der Waals surface area (Å²) in [6.45, 7) is 4.68. The van der Waals surface area contributed by atoms with Crippen LogP contribution in [0.1, 0.15) is 22.3 Å². The summed E-state index contributed by atoms with van der Waals surface area (Å²) in [4.78, 5) is 19.9. The lowest BCUT2D eigenvalue weighted by Crippen LogP contribution is -2.43. The molecular weight excluding hydrogens is 464 g/mol. The van der Waals surface area contributed by atoms with Crippen LogP contribution in [0.3, 0.4) is 0 Å². The van der Waals surface area contributed by atoms with Crippen LogP contribution in [0.2, 0.25) is 5.02 Å². The third-order valence-electron chi connectivity index (χ3n) is 5.76. The van der Waals surface area contributed by atoms with Crippen LogP contribution in [0.15, 0.2) is 78.0 Å². The Kier molecular flexibility index (Phi) is 8.76. The highest BCUT2D eigenvalue weighted by molar-refractivity contribution is 6.30. The molecule has 4 rings (SSSR count). The molecule has 0 radical (unpaired) electrons. The minimum atomic E-state index is -0.0290. The third-order valence-corrected chi connectivity index (χ3v) is 6.01. The maximum absolute atomic E-state index is 12.4.